The molecule has 0 bridgehead atoms. The summed E-state index contributed by atoms with van der Waals surface area (Å²) >= 11 is 0. The maximum atomic E-state index is 12.8. The van der Waals surface area contributed by atoms with Gasteiger partial charge in [0.25, 0.3) is 5.91 Å². The lowest BCUT2D eigenvalue weighted by atomic mass is 9.98. The average molecular weight is 571 g/mol. The Kier molecular flexibility index (Phi) is 10.0. The molecule has 0 spiro atoms. The zero-order valence-corrected chi connectivity index (χ0v) is 23.8. The van der Waals surface area contributed by atoms with E-state index in [-0.39, 0.29) is 31.5 Å². The number of nitrogens with zero attached hydrogens (tertiary/aromatic N) is 1. The predicted octanol–water partition coefficient (Wildman–Crippen LogP) is 3.51. The van der Waals surface area contributed by atoms with Crippen LogP contribution in [0.3, 0.4) is 0 Å². The van der Waals surface area contributed by atoms with Crippen molar-refractivity contribution in [2.75, 3.05) is 13.2 Å². The average Bonchev–Trinajstić information content (AvgIpc) is 3.01. The second-order valence-electron chi connectivity index (χ2n) is 9.95. The standard InChI is InChI=1S/C32H34N4O6/c1-4-20(2)30(32(40)35-17-23-12-8-9-15-33-23)36-27(37)18-34-28(38)19-41-26-14-13-24-25(22-10-6-5-7-11-22)16-29(39)42-31(24)21(26)3/h5-16,20,30H,4,17-19H2,1-3H3,(H,34,38)(H,35,40)(H,36,37). The molecule has 0 radical (unpaired) electrons. The van der Waals surface area contributed by atoms with E-state index in [1.165, 1.54) is 6.07 Å². The maximum Gasteiger partial charge on any atom is 0.336 e. The van der Waals surface area contributed by atoms with E-state index in [4.69, 9.17) is 9.15 Å². The number of carbonyl (C=O) groups is 3. The molecule has 0 fully saturated rings. The van der Waals surface area contributed by atoms with Crippen molar-refractivity contribution >= 4 is 28.7 Å². The van der Waals surface area contributed by atoms with E-state index in [0.29, 0.717) is 29.0 Å². The molecule has 0 aliphatic carbocycles. The molecular weight excluding hydrogens is 536 g/mol. The summed E-state index contributed by atoms with van der Waals surface area (Å²) in [4.78, 5) is 54.4. The molecule has 0 saturated carbocycles. The molecule has 2 aromatic carbocycles. The molecule has 4 aromatic rings. The van der Waals surface area contributed by atoms with Crippen LogP contribution in [0.1, 0.15) is 31.5 Å². The van der Waals surface area contributed by atoms with Gasteiger partial charge in [0.15, 0.2) is 6.61 Å². The van der Waals surface area contributed by atoms with Crippen molar-refractivity contribution in [3.05, 3.63) is 94.6 Å². The molecule has 10 nitrogen and oxygen atoms in total. The fraction of sp³-hybridized carbons (Fsp3) is 0.281. The Labute approximate surface area is 243 Å². The second kappa shape index (κ2) is 14.1. The van der Waals surface area contributed by atoms with Crippen molar-refractivity contribution < 1.29 is 23.5 Å². The lowest BCUT2D eigenvalue weighted by Crippen LogP contribution is -2.52. The molecule has 2 aromatic heterocycles. The fourth-order valence-electron chi connectivity index (χ4n) is 4.45. The molecular formula is C32H34N4O6. The van der Waals surface area contributed by atoms with Crippen molar-refractivity contribution in [1.82, 2.24) is 20.9 Å². The summed E-state index contributed by atoms with van der Waals surface area (Å²) in [6.07, 6.45) is 2.31. The summed E-state index contributed by atoms with van der Waals surface area (Å²) in [6, 6.07) is 19.1. The molecule has 0 aliphatic heterocycles. The van der Waals surface area contributed by atoms with Crippen LogP contribution < -0.4 is 26.3 Å². The largest absolute Gasteiger partial charge is 0.483 e. The van der Waals surface area contributed by atoms with Crippen LogP contribution in [0.2, 0.25) is 0 Å². The minimum absolute atomic E-state index is 0.130. The summed E-state index contributed by atoms with van der Waals surface area (Å²) in [5, 5.41) is 8.78. The number of ether oxygens (including phenoxy) is 1. The van der Waals surface area contributed by atoms with Crippen LogP contribution >= 0.6 is 0 Å². The normalized spacial score (nSPS) is 12.3. The summed E-state index contributed by atoms with van der Waals surface area (Å²) in [5.41, 5.74) is 2.76. The third-order valence-corrected chi connectivity index (χ3v) is 6.98. The highest BCUT2D eigenvalue weighted by Crippen LogP contribution is 2.33. The first kappa shape index (κ1) is 30.0. The Bertz CT molecular complexity index is 1600. The SMILES string of the molecule is CCC(C)C(NC(=O)CNC(=O)COc1ccc2c(-c3ccccc3)cc(=O)oc2c1C)C(=O)NCc1ccccn1. The third kappa shape index (κ3) is 7.60. The molecule has 2 unspecified atom stereocenters. The molecule has 10 heteroatoms. The zero-order chi connectivity index (χ0) is 30.1. The van der Waals surface area contributed by atoms with Gasteiger partial charge in [-0.1, -0.05) is 56.7 Å². The Morgan fingerprint density at radius 2 is 1.74 bits per heavy atom. The van der Waals surface area contributed by atoms with Gasteiger partial charge in [0.1, 0.15) is 17.4 Å². The van der Waals surface area contributed by atoms with Crippen LogP contribution in [0.4, 0.5) is 0 Å². The topological polar surface area (TPSA) is 140 Å². The molecule has 3 amide bonds. The van der Waals surface area contributed by atoms with E-state index < -0.39 is 23.5 Å². The monoisotopic (exact) mass is 570 g/mol. The van der Waals surface area contributed by atoms with Gasteiger partial charge in [-0.15, -0.1) is 0 Å². The van der Waals surface area contributed by atoms with Crippen molar-refractivity contribution in [3.63, 3.8) is 0 Å². The number of hydrogen-bond donors (Lipinski definition) is 3. The van der Waals surface area contributed by atoms with Crippen LogP contribution in [0.15, 0.2) is 82.1 Å². The second-order valence-corrected chi connectivity index (χ2v) is 9.95. The Hall–Kier alpha value is -4.99. The fourth-order valence-corrected chi connectivity index (χ4v) is 4.45. The lowest BCUT2D eigenvalue weighted by molar-refractivity contribution is -0.131. The predicted molar refractivity (Wildman–Crippen MR) is 159 cm³/mol. The Morgan fingerprint density at radius 3 is 2.45 bits per heavy atom. The van der Waals surface area contributed by atoms with E-state index >= 15 is 0 Å². The van der Waals surface area contributed by atoms with E-state index in [0.717, 1.165) is 16.5 Å². The molecule has 0 saturated heterocycles. The van der Waals surface area contributed by atoms with Crippen molar-refractivity contribution in [2.45, 2.75) is 39.8 Å². The van der Waals surface area contributed by atoms with E-state index in [1.807, 2.05) is 50.2 Å². The molecule has 218 valence electrons. The first-order valence-corrected chi connectivity index (χ1v) is 13.8. The summed E-state index contributed by atoms with van der Waals surface area (Å²) < 4.78 is 11.2. The van der Waals surface area contributed by atoms with Gasteiger partial charge in [-0.2, -0.15) is 0 Å². The van der Waals surface area contributed by atoms with Crippen LogP contribution in [-0.4, -0.2) is 41.9 Å². The van der Waals surface area contributed by atoms with Gasteiger partial charge in [0.2, 0.25) is 11.8 Å². The number of pyridine rings is 1. The number of amides is 3. The van der Waals surface area contributed by atoms with Gasteiger partial charge in [-0.3, -0.25) is 19.4 Å². The number of aromatic nitrogens is 1. The third-order valence-electron chi connectivity index (χ3n) is 6.98. The number of aryl methyl sites for hydroxylation is 1. The first-order valence-electron chi connectivity index (χ1n) is 13.8. The van der Waals surface area contributed by atoms with Crippen molar-refractivity contribution in [3.8, 4) is 16.9 Å². The van der Waals surface area contributed by atoms with Crippen LogP contribution in [0, 0.1) is 12.8 Å². The minimum Gasteiger partial charge on any atom is -0.483 e. The molecule has 2 atom stereocenters. The summed E-state index contributed by atoms with van der Waals surface area (Å²) in [5.74, 6) is -1.11. The van der Waals surface area contributed by atoms with E-state index in [2.05, 4.69) is 20.9 Å². The van der Waals surface area contributed by atoms with Crippen molar-refractivity contribution in [2.24, 2.45) is 5.92 Å². The first-order chi connectivity index (χ1) is 20.3. The lowest BCUT2D eigenvalue weighted by Gasteiger charge is -2.23. The Balaban J connectivity index is 1.33. The van der Waals surface area contributed by atoms with Gasteiger partial charge in [-0.05, 0) is 48.2 Å². The Morgan fingerprint density at radius 1 is 0.976 bits per heavy atom. The number of nitrogens with one attached hydrogen (secondary N) is 3. The smallest absolute Gasteiger partial charge is 0.336 e. The van der Waals surface area contributed by atoms with Gasteiger partial charge in [-0.25, -0.2) is 4.79 Å². The highest BCUT2D eigenvalue weighted by molar-refractivity contribution is 5.95. The summed E-state index contributed by atoms with van der Waals surface area (Å²) in [7, 11) is 0. The molecule has 2 heterocycles. The van der Waals surface area contributed by atoms with Gasteiger partial charge >= 0.3 is 5.63 Å². The molecule has 42 heavy (non-hydrogen) atoms. The van der Waals surface area contributed by atoms with Crippen LogP contribution in [-0.2, 0) is 20.9 Å². The summed E-state index contributed by atoms with van der Waals surface area (Å²) in [6.45, 7) is 5.10. The highest BCUT2D eigenvalue weighted by Gasteiger charge is 2.26. The molecule has 4 rings (SSSR count). The van der Waals surface area contributed by atoms with Crippen LogP contribution in [0.5, 0.6) is 5.75 Å². The quantitative estimate of drug-likeness (QED) is 0.222. The number of fused-ring (bicyclic) bond motifs is 1. The number of benzene rings is 2. The van der Waals surface area contributed by atoms with Crippen molar-refractivity contribution in [1.29, 1.82) is 0 Å². The van der Waals surface area contributed by atoms with Gasteiger partial charge in [0.05, 0.1) is 18.8 Å². The number of carbonyl (C=O) groups excluding carboxylic acids is 3. The number of rotatable bonds is 12. The number of hydrogen-bond acceptors (Lipinski definition) is 7. The zero-order valence-electron chi connectivity index (χ0n) is 23.8. The maximum absolute atomic E-state index is 12.8. The minimum atomic E-state index is -0.768. The van der Waals surface area contributed by atoms with Gasteiger partial charge in [0, 0.05) is 23.2 Å². The van der Waals surface area contributed by atoms with Crippen LogP contribution in [0.25, 0.3) is 22.1 Å². The molecule has 0 aliphatic rings. The highest BCUT2D eigenvalue weighted by atomic mass is 16.5. The van der Waals surface area contributed by atoms with E-state index in [1.54, 1.807) is 37.4 Å². The molecule has 3 N–H and O–H groups in total. The van der Waals surface area contributed by atoms with E-state index in [9.17, 15) is 19.2 Å². The van der Waals surface area contributed by atoms with Gasteiger partial charge < -0.3 is 25.1 Å².